The fraction of sp³-hybridized carbons (Fsp3) is 0.667. The van der Waals surface area contributed by atoms with Crippen LogP contribution in [0.25, 0.3) is 0 Å². The van der Waals surface area contributed by atoms with Crippen molar-refractivity contribution < 1.29 is 5.11 Å². The van der Waals surface area contributed by atoms with Gasteiger partial charge in [-0.3, -0.25) is 0 Å². The lowest BCUT2D eigenvalue weighted by Gasteiger charge is -2.38. The van der Waals surface area contributed by atoms with E-state index in [1.54, 1.807) is 0 Å². The fourth-order valence-electron chi connectivity index (χ4n) is 1.97. The van der Waals surface area contributed by atoms with Gasteiger partial charge in [0, 0.05) is 19.2 Å². The average Bonchev–Trinajstić information content (AvgIpc) is 2.23. The Morgan fingerprint density at radius 3 is 2.69 bits per heavy atom. The molecule has 0 atom stereocenters. The molecule has 0 unspecified atom stereocenters. The van der Waals surface area contributed by atoms with Crippen molar-refractivity contribution in [3.63, 3.8) is 0 Å². The van der Waals surface area contributed by atoms with Crippen LogP contribution < -0.4 is 4.90 Å². The minimum absolute atomic E-state index is 0.239. The lowest BCUT2D eigenvalue weighted by Crippen LogP contribution is -2.41. The summed E-state index contributed by atoms with van der Waals surface area (Å²) in [6.45, 7) is 3.06. The Balaban J connectivity index is 2.07. The molecule has 16 heavy (non-hydrogen) atoms. The monoisotopic (exact) mass is 221 g/mol. The number of hydrogen-bond donors (Lipinski definition) is 1. The van der Waals surface area contributed by atoms with E-state index in [0.717, 1.165) is 24.5 Å². The summed E-state index contributed by atoms with van der Waals surface area (Å²) in [5, 5.41) is 17.2. The standard InChI is InChI=1S/C12H19N3O/c1-10-6-7-12(14-13-10)15(8-3-9-16)11-4-2-5-11/h6-7,11,16H,2-5,8-9H2,1H3. The van der Waals surface area contributed by atoms with Gasteiger partial charge in [-0.05, 0) is 44.7 Å². The second-order valence-electron chi connectivity index (χ2n) is 4.39. The average molecular weight is 221 g/mol. The Morgan fingerprint density at radius 1 is 1.38 bits per heavy atom. The maximum absolute atomic E-state index is 8.92. The first kappa shape index (κ1) is 11.3. The summed E-state index contributed by atoms with van der Waals surface area (Å²) >= 11 is 0. The molecule has 0 bridgehead atoms. The number of rotatable bonds is 5. The van der Waals surface area contributed by atoms with Gasteiger partial charge in [-0.25, -0.2) is 0 Å². The van der Waals surface area contributed by atoms with Crippen LogP contribution in [-0.2, 0) is 0 Å². The van der Waals surface area contributed by atoms with Crippen LogP contribution in [0.4, 0.5) is 5.82 Å². The largest absolute Gasteiger partial charge is 0.396 e. The molecule has 0 spiro atoms. The smallest absolute Gasteiger partial charge is 0.151 e. The lowest BCUT2D eigenvalue weighted by atomic mass is 9.91. The zero-order chi connectivity index (χ0) is 11.4. The van der Waals surface area contributed by atoms with Crippen LogP contribution in [0.1, 0.15) is 31.4 Å². The molecule has 1 aromatic heterocycles. The van der Waals surface area contributed by atoms with E-state index in [1.807, 2.05) is 19.1 Å². The van der Waals surface area contributed by atoms with E-state index in [-0.39, 0.29) is 6.61 Å². The molecule has 0 amide bonds. The van der Waals surface area contributed by atoms with Crippen molar-refractivity contribution in [2.75, 3.05) is 18.1 Å². The van der Waals surface area contributed by atoms with Crippen molar-refractivity contribution in [3.05, 3.63) is 17.8 Å². The highest BCUT2D eigenvalue weighted by atomic mass is 16.3. The highest BCUT2D eigenvalue weighted by Gasteiger charge is 2.25. The van der Waals surface area contributed by atoms with Gasteiger partial charge < -0.3 is 10.0 Å². The highest BCUT2D eigenvalue weighted by Crippen LogP contribution is 2.28. The number of hydrogen-bond acceptors (Lipinski definition) is 4. The number of aryl methyl sites for hydroxylation is 1. The summed E-state index contributed by atoms with van der Waals surface area (Å²) in [5.74, 6) is 0.948. The highest BCUT2D eigenvalue weighted by molar-refractivity contribution is 5.39. The maximum Gasteiger partial charge on any atom is 0.151 e. The minimum Gasteiger partial charge on any atom is -0.396 e. The third kappa shape index (κ3) is 2.50. The molecule has 0 aliphatic heterocycles. The molecule has 1 fully saturated rings. The van der Waals surface area contributed by atoms with Crippen molar-refractivity contribution in [2.24, 2.45) is 0 Å². The Bertz CT molecular complexity index is 322. The van der Waals surface area contributed by atoms with E-state index in [9.17, 15) is 0 Å². The van der Waals surface area contributed by atoms with Gasteiger partial charge in [0.1, 0.15) is 0 Å². The van der Waals surface area contributed by atoms with Gasteiger partial charge in [0.05, 0.1) is 5.69 Å². The van der Waals surface area contributed by atoms with E-state index in [0.29, 0.717) is 6.04 Å². The molecule has 4 heteroatoms. The van der Waals surface area contributed by atoms with Crippen molar-refractivity contribution in [1.29, 1.82) is 0 Å². The van der Waals surface area contributed by atoms with Gasteiger partial charge in [0.15, 0.2) is 5.82 Å². The normalized spacial score (nSPS) is 15.9. The van der Waals surface area contributed by atoms with Gasteiger partial charge >= 0.3 is 0 Å². The molecule has 0 saturated heterocycles. The summed E-state index contributed by atoms with van der Waals surface area (Å²) in [6.07, 6.45) is 4.58. The number of anilines is 1. The second kappa shape index (κ2) is 5.25. The van der Waals surface area contributed by atoms with Gasteiger partial charge in [0.2, 0.25) is 0 Å². The van der Waals surface area contributed by atoms with Gasteiger partial charge in [-0.1, -0.05) is 0 Å². The molecule has 88 valence electrons. The van der Waals surface area contributed by atoms with Crippen LogP contribution in [0.3, 0.4) is 0 Å². The Kier molecular flexibility index (Phi) is 3.72. The first-order chi connectivity index (χ1) is 7.81. The predicted molar refractivity (Wildman–Crippen MR) is 63.5 cm³/mol. The lowest BCUT2D eigenvalue weighted by molar-refractivity contribution is 0.282. The Morgan fingerprint density at radius 2 is 2.19 bits per heavy atom. The first-order valence-electron chi connectivity index (χ1n) is 5.99. The molecule has 0 aromatic carbocycles. The molecule has 1 saturated carbocycles. The molecule has 1 heterocycles. The van der Waals surface area contributed by atoms with Crippen molar-refractivity contribution in [2.45, 2.75) is 38.6 Å². The first-order valence-corrected chi connectivity index (χ1v) is 5.99. The summed E-state index contributed by atoms with van der Waals surface area (Å²) < 4.78 is 0. The molecule has 1 aliphatic rings. The summed E-state index contributed by atoms with van der Waals surface area (Å²) in [4.78, 5) is 2.28. The summed E-state index contributed by atoms with van der Waals surface area (Å²) in [7, 11) is 0. The zero-order valence-corrected chi connectivity index (χ0v) is 9.76. The molecule has 0 radical (unpaired) electrons. The van der Waals surface area contributed by atoms with Crippen LogP contribution >= 0.6 is 0 Å². The van der Waals surface area contributed by atoms with Crippen LogP contribution in [0, 0.1) is 6.92 Å². The van der Waals surface area contributed by atoms with Crippen molar-refractivity contribution in [3.8, 4) is 0 Å². The predicted octanol–water partition coefficient (Wildman–Crippen LogP) is 1.53. The van der Waals surface area contributed by atoms with Crippen molar-refractivity contribution in [1.82, 2.24) is 10.2 Å². The van der Waals surface area contributed by atoms with Crippen LogP contribution in [-0.4, -0.2) is 34.5 Å². The van der Waals surface area contributed by atoms with Crippen molar-refractivity contribution >= 4 is 5.82 Å². The molecule has 4 nitrogen and oxygen atoms in total. The second-order valence-corrected chi connectivity index (χ2v) is 4.39. The van der Waals surface area contributed by atoms with Crippen LogP contribution in [0.5, 0.6) is 0 Å². The van der Waals surface area contributed by atoms with E-state index in [4.69, 9.17) is 5.11 Å². The Hall–Kier alpha value is -1.16. The van der Waals surface area contributed by atoms with Gasteiger partial charge in [0.25, 0.3) is 0 Å². The number of aromatic nitrogens is 2. The molecule has 1 aromatic rings. The van der Waals surface area contributed by atoms with Gasteiger partial charge in [-0.2, -0.15) is 5.10 Å². The van der Waals surface area contributed by atoms with E-state index in [1.165, 1.54) is 19.3 Å². The maximum atomic E-state index is 8.92. The molecule has 1 N–H and O–H groups in total. The molecule has 1 aliphatic carbocycles. The number of aliphatic hydroxyl groups is 1. The number of nitrogens with zero attached hydrogens (tertiary/aromatic N) is 3. The summed E-state index contributed by atoms with van der Waals surface area (Å²) in [6, 6.07) is 4.62. The van der Waals surface area contributed by atoms with E-state index in [2.05, 4.69) is 15.1 Å². The SMILES string of the molecule is Cc1ccc(N(CCCO)C2CCC2)nn1. The molecular formula is C12H19N3O. The zero-order valence-electron chi connectivity index (χ0n) is 9.76. The molecular weight excluding hydrogens is 202 g/mol. The topological polar surface area (TPSA) is 49.2 Å². The Labute approximate surface area is 96.3 Å². The number of aliphatic hydroxyl groups excluding tert-OH is 1. The minimum atomic E-state index is 0.239. The quantitative estimate of drug-likeness (QED) is 0.819. The van der Waals surface area contributed by atoms with E-state index >= 15 is 0 Å². The third-order valence-corrected chi connectivity index (χ3v) is 3.15. The van der Waals surface area contributed by atoms with E-state index < -0.39 is 0 Å². The third-order valence-electron chi connectivity index (χ3n) is 3.15. The fourth-order valence-corrected chi connectivity index (χ4v) is 1.97. The van der Waals surface area contributed by atoms with Crippen LogP contribution in [0.2, 0.25) is 0 Å². The summed E-state index contributed by atoms with van der Waals surface area (Å²) in [5.41, 5.74) is 0.944. The van der Waals surface area contributed by atoms with Gasteiger partial charge in [-0.15, -0.1) is 5.10 Å². The molecule has 2 rings (SSSR count). The van der Waals surface area contributed by atoms with Crippen LogP contribution in [0.15, 0.2) is 12.1 Å².